The molecule has 3 aromatic rings. The predicted octanol–water partition coefficient (Wildman–Crippen LogP) is 6.56. The Bertz CT molecular complexity index is 1680. The molecule has 7 nitrogen and oxygen atoms in total. The largest absolute Gasteiger partial charge is 0.573 e. The van der Waals surface area contributed by atoms with Crippen molar-refractivity contribution in [2.45, 2.75) is 32.2 Å². The first-order valence-corrected chi connectivity index (χ1v) is 13.0. The van der Waals surface area contributed by atoms with Crippen molar-refractivity contribution in [1.29, 1.82) is 0 Å². The van der Waals surface area contributed by atoms with Crippen LogP contribution in [0.5, 0.6) is 5.75 Å². The first kappa shape index (κ1) is 25.8. The minimum absolute atomic E-state index is 0.101. The molecule has 0 saturated carbocycles. The number of aryl methyl sites for hydroxylation is 1. The molecule has 1 N–H and O–H groups in total. The molecule has 10 heteroatoms. The summed E-state index contributed by atoms with van der Waals surface area (Å²) < 4.78 is 49.9. The van der Waals surface area contributed by atoms with Gasteiger partial charge in [0.05, 0.1) is 51.4 Å². The molecule has 3 aliphatic rings. The van der Waals surface area contributed by atoms with Crippen molar-refractivity contribution in [3.63, 3.8) is 0 Å². The van der Waals surface area contributed by atoms with Gasteiger partial charge in [0.2, 0.25) is 0 Å². The summed E-state index contributed by atoms with van der Waals surface area (Å²) in [6.45, 7) is 3.25. The van der Waals surface area contributed by atoms with Gasteiger partial charge in [-0.15, -0.1) is 13.2 Å². The van der Waals surface area contributed by atoms with Gasteiger partial charge in [-0.3, -0.25) is 9.98 Å². The van der Waals surface area contributed by atoms with Gasteiger partial charge in [-0.25, -0.2) is 4.98 Å². The van der Waals surface area contributed by atoms with Crippen molar-refractivity contribution in [1.82, 2.24) is 14.5 Å². The Balaban J connectivity index is 1.55. The van der Waals surface area contributed by atoms with E-state index in [0.717, 1.165) is 52.0 Å². The van der Waals surface area contributed by atoms with E-state index in [1.165, 1.54) is 12.1 Å². The number of para-hydroxylation sites is 2. The number of ether oxygens (including phenoxy) is 2. The zero-order valence-corrected chi connectivity index (χ0v) is 21.7. The van der Waals surface area contributed by atoms with Crippen LogP contribution < -0.4 is 15.4 Å². The smallest absolute Gasteiger partial charge is 0.406 e. The van der Waals surface area contributed by atoms with Crippen LogP contribution in [0.15, 0.2) is 84.0 Å². The molecular weight excluding hydrogens is 519 g/mol. The van der Waals surface area contributed by atoms with Crippen LogP contribution in [0.2, 0.25) is 0 Å². The molecule has 204 valence electrons. The Morgan fingerprint density at radius 2 is 1.77 bits per heavy atom. The minimum atomic E-state index is -4.76. The highest BCUT2D eigenvalue weighted by Gasteiger charge is 2.31. The number of aromatic nitrogens is 3. The number of hydrogen-bond acceptors (Lipinski definition) is 6. The van der Waals surface area contributed by atoms with Crippen LogP contribution in [0, 0.1) is 6.92 Å². The normalized spacial score (nSPS) is 15.1. The lowest BCUT2D eigenvalue weighted by atomic mass is 10.1. The molecule has 2 aromatic carbocycles. The van der Waals surface area contributed by atoms with Crippen molar-refractivity contribution < 1.29 is 22.6 Å². The predicted molar refractivity (Wildman–Crippen MR) is 146 cm³/mol. The lowest BCUT2D eigenvalue weighted by Crippen LogP contribution is -2.23. The highest BCUT2D eigenvalue weighted by Crippen LogP contribution is 2.32. The maximum absolute atomic E-state index is 12.8. The van der Waals surface area contributed by atoms with Gasteiger partial charge in [0, 0.05) is 24.6 Å². The average molecular weight is 546 g/mol. The Morgan fingerprint density at radius 3 is 2.50 bits per heavy atom. The SMILES string of the molecule is Cc1ccc(Nc2cc3nc4ccccc4n(-c4ccc(OC(F)(F)F)cc4)c-3cc2=NC2CCOCC2)cn1. The van der Waals surface area contributed by atoms with Crippen molar-refractivity contribution >= 4 is 22.4 Å². The summed E-state index contributed by atoms with van der Waals surface area (Å²) in [6.07, 6.45) is -1.35. The fraction of sp³-hybridized carbons (Fsp3) is 0.233. The van der Waals surface area contributed by atoms with Gasteiger partial charge < -0.3 is 19.4 Å². The number of anilines is 2. The summed E-state index contributed by atoms with van der Waals surface area (Å²) in [5.74, 6) is -0.284. The third-order valence-electron chi connectivity index (χ3n) is 6.73. The van der Waals surface area contributed by atoms with Crippen molar-refractivity contribution in [2.75, 3.05) is 18.5 Å². The second-order valence-corrected chi connectivity index (χ2v) is 9.62. The molecule has 1 aromatic heterocycles. The van der Waals surface area contributed by atoms with E-state index in [1.54, 1.807) is 18.3 Å². The number of rotatable bonds is 5. The quantitative estimate of drug-likeness (QED) is 0.254. The van der Waals surface area contributed by atoms with E-state index in [9.17, 15) is 13.2 Å². The Labute approximate surface area is 228 Å². The second kappa shape index (κ2) is 10.6. The number of alkyl halides is 3. The molecule has 40 heavy (non-hydrogen) atoms. The molecular formula is C30H26F3N5O2. The molecule has 0 amide bonds. The fourth-order valence-corrected chi connectivity index (χ4v) is 4.83. The van der Waals surface area contributed by atoms with Crippen LogP contribution in [0.4, 0.5) is 24.5 Å². The van der Waals surface area contributed by atoms with E-state index in [-0.39, 0.29) is 11.8 Å². The first-order chi connectivity index (χ1) is 19.3. The van der Waals surface area contributed by atoms with Gasteiger partial charge in [0.15, 0.2) is 0 Å². The van der Waals surface area contributed by atoms with Gasteiger partial charge in [-0.05, 0) is 80.4 Å². The topological polar surface area (TPSA) is 73.6 Å². The maximum Gasteiger partial charge on any atom is 0.573 e. The maximum atomic E-state index is 12.8. The van der Waals surface area contributed by atoms with Gasteiger partial charge >= 0.3 is 6.36 Å². The third-order valence-corrected chi connectivity index (χ3v) is 6.73. The van der Waals surface area contributed by atoms with Gasteiger partial charge in [-0.1, -0.05) is 12.1 Å². The van der Waals surface area contributed by atoms with E-state index in [0.29, 0.717) is 24.6 Å². The summed E-state index contributed by atoms with van der Waals surface area (Å²) in [5.41, 5.74) is 6.19. The Morgan fingerprint density at radius 1 is 1.00 bits per heavy atom. The monoisotopic (exact) mass is 545 g/mol. The molecule has 2 aliphatic heterocycles. The van der Waals surface area contributed by atoms with Crippen molar-refractivity contribution in [2.24, 2.45) is 4.99 Å². The number of pyridine rings is 1. The summed E-state index contributed by atoms with van der Waals surface area (Å²) in [4.78, 5) is 14.4. The van der Waals surface area contributed by atoms with Gasteiger partial charge in [0.1, 0.15) is 5.75 Å². The van der Waals surface area contributed by atoms with Crippen LogP contribution >= 0.6 is 0 Å². The molecule has 0 bridgehead atoms. The Kier molecular flexibility index (Phi) is 6.85. The molecule has 0 spiro atoms. The van der Waals surface area contributed by atoms with Crippen LogP contribution in [-0.2, 0) is 4.74 Å². The lowest BCUT2D eigenvalue weighted by molar-refractivity contribution is -0.274. The van der Waals surface area contributed by atoms with Crippen molar-refractivity contribution in [3.05, 3.63) is 90.0 Å². The zero-order chi connectivity index (χ0) is 27.7. The van der Waals surface area contributed by atoms with Gasteiger partial charge in [-0.2, -0.15) is 0 Å². The first-order valence-electron chi connectivity index (χ1n) is 13.0. The van der Waals surface area contributed by atoms with E-state index < -0.39 is 6.36 Å². The molecule has 1 fully saturated rings. The van der Waals surface area contributed by atoms with E-state index in [4.69, 9.17) is 14.7 Å². The molecule has 0 atom stereocenters. The number of hydrogen-bond donors (Lipinski definition) is 1. The molecule has 1 aliphatic carbocycles. The third kappa shape index (κ3) is 5.62. The minimum Gasteiger partial charge on any atom is -0.406 e. The second-order valence-electron chi connectivity index (χ2n) is 9.62. The average Bonchev–Trinajstić information content (AvgIpc) is 2.94. The molecule has 6 rings (SSSR count). The molecule has 3 heterocycles. The number of fused-ring (bicyclic) bond motifs is 2. The summed E-state index contributed by atoms with van der Waals surface area (Å²) in [7, 11) is 0. The van der Waals surface area contributed by atoms with Crippen LogP contribution in [-0.4, -0.2) is 40.2 Å². The highest BCUT2D eigenvalue weighted by atomic mass is 19.4. The van der Waals surface area contributed by atoms with Gasteiger partial charge in [0.25, 0.3) is 0 Å². The summed E-state index contributed by atoms with van der Waals surface area (Å²) >= 11 is 0. The molecule has 0 unspecified atom stereocenters. The Hall–Kier alpha value is -4.44. The van der Waals surface area contributed by atoms with E-state index >= 15 is 0 Å². The van der Waals surface area contributed by atoms with Crippen LogP contribution in [0.3, 0.4) is 0 Å². The zero-order valence-electron chi connectivity index (χ0n) is 21.7. The van der Waals surface area contributed by atoms with E-state index in [2.05, 4.69) is 15.0 Å². The number of nitrogens with zero attached hydrogens (tertiary/aromatic N) is 4. The standard InChI is InChI=1S/C30H26F3N5O2/c1-19-6-7-21(18-34-19)36-25-16-27-29(17-26(25)35-20-12-14-39-15-13-20)38(28-5-3-2-4-24(28)37-27)22-8-10-23(11-9-22)40-30(31,32)33/h2-11,16-18,20,36H,12-15H2,1H3. The summed E-state index contributed by atoms with van der Waals surface area (Å²) in [6, 6.07) is 21.4. The van der Waals surface area contributed by atoms with E-state index in [1.807, 2.05) is 60.0 Å². The number of benzene rings is 3. The van der Waals surface area contributed by atoms with Crippen LogP contribution in [0.1, 0.15) is 18.5 Å². The highest BCUT2D eigenvalue weighted by molar-refractivity contribution is 5.84. The fourth-order valence-electron chi connectivity index (χ4n) is 4.83. The summed E-state index contributed by atoms with van der Waals surface area (Å²) in [5, 5.41) is 4.21. The molecule has 0 radical (unpaired) electrons. The van der Waals surface area contributed by atoms with Crippen LogP contribution in [0.25, 0.3) is 28.1 Å². The lowest BCUT2D eigenvalue weighted by Gasteiger charge is -2.22. The number of halogens is 3. The van der Waals surface area contributed by atoms with Crippen molar-refractivity contribution in [3.8, 4) is 22.8 Å². The number of nitrogens with one attached hydrogen (secondary N) is 1. The molecule has 1 saturated heterocycles.